The molecule has 3 rings (SSSR count). The van der Waals surface area contributed by atoms with E-state index in [0.717, 1.165) is 6.42 Å². The molecule has 6 atom stereocenters. The molecule has 2 bridgehead atoms. The van der Waals surface area contributed by atoms with E-state index in [1.807, 2.05) is 18.2 Å². The molecule has 0 aliphatic heterocycles. The Kier molecular flexibility index (Phi) is 5.66. The molecular formula is C23H37NO2S. The molecule has 1 N–H and O–H groups in total. The highest BCUT2D eigenvalue weighted by Gasteiger charge is 2.68. The van der Waals surface area contributed by atoms with Gasteiger partial charge in [-0.3, -0.25) is 0 Å². The molecule has 0 unspecified atom stereocenters. The zero-order valence-electron chi connectivity index (χ0n) is 18.0. The lowest BCUT2D eigenvalue weighted by atomic mass is 9.70. The summed E-state index contributed by atoms with van der Waals surface area (Å²) >= 11 is 0. The first-order valence-corrected chi connectivity index (χ1v) is 11.5. The summed E-state index contributed by atoms with van der Waals surface area (Å²) < 4.78 is 23.4. The lowest BCUT2D eigenvalue weighted by Crippen LogP contribution is -2.47. The first-order valence-electron chi connectivity index (χ1n) is 10.3. The third-order valence-corrected chi connectivity index (χ3v) is 8.89. The van der Waals surface area contributed by atoms with Crippen molar-refractivity contribution < 1.29 is 8.95 Å². The Hall–Kier alpha value is -0.710. The van der Waals surface area contributed by atoms with Crippen LogP contribution in [0.2, 0.25) is 0 Å². The van der Waals surface area contributed by atoms with Gasteiger partial charge >= 0.3 is 0 Å². The number of rotatable bonds is 6. The largest absolute Gasteiger partial charge is 0.376 e. The fraction of sp³-hybridized carbons (Fsp3) is 0.739. The van der Waals surface area contributed by atoms with Crippen LogP contribution in [0.15, 0.2) is 30.3 Å². The molecule has 0 amide bonds. The van der Waals surface area contributed by atoms with Crippen LogP contribution >= 0.6 is 0 Å². The van der Waals surface area contributed by atoms with Crippen LogP contribution in [0.5, 0.6) is 0 Å². The van der Waals surface area contributed by atoms with E-state index < -0.39 is 11.0 Å². The third-order valence-electron chi connectivity index (χ3n) is 7.23. The smallest absolute Gasteiger partial charge is 0.0982 e. The van der Waals surface area contributed by atoms with Crippen LogP contribution in [0.3, 0.4) is 0 Å². The Bertz CT molecular complexity index is 681. The van der Waals surface area contributed by atoms with Crippen molar-refractivity contribution in [1.82, 2.24) is 4.72 Å². The van der Waals surface area contributed by atoms with Crippen molar-refractivity contribution in [2.45, 2.75) is 78.7 Å². The second kappa shape index (κ2) is 7.27. The van der Waals surface area contributed by atoms with E-state index in [9.17, 15) is 4.21 Å². The molecule has 0 heterocycles. The Morgan fingerprint density at radius 3 is 2.44 bits per heavy atom. The molecule has 4 heteroatoms. The van der Waals surface area contributed by atoms with Gasteiger partial charge in [0.05, 0.1) is 28.9 Å². The topological polar surface area (TPSA) is 38.3 Å². The van der Waals surface area contributed by atoms with E-state index in [2.05, 4.69) is 65.3 Å². The predicted molar refractivity (Wildman–Crippen MR) is 114 cm³/mol. The van der Waals surface area contributed by atoms with Crippen molar-refractivity contribution in [1.29, 1.82) is 0 Å². The summed E-state index contributed by atoms with van der Waals surface area (Å²) in [6, 6.07) is 10.3. The van der Waals surface area contributed by atoms with E-state index in [4.69, 9.17) is 4.74 Å². The van der Waals surface area contributed by atoms with Crippen LogP contribution in [-0.4, -0.2) is 22.2 Å². The molecule has 2 aliphatic carbocycles. The highest BCUT2D eigenvalue weighted by molar-refractivity contribution is 7.83. The van der Waals surface area contributed by atoms with Gasteiger partial charge in [0, 0.05) is 11.5 Å². The molecule has 0 spiro atoms. The van der Waals surface area contributed by atoms with Gasteiger partial charge in [0.2, 0.25) is 0 Å². The number of hydrogen-bond donors (Lipinski definition) is 1. The molecular weight excluding hydrogens is 354 g/mol. The van der Waals surface area contributed by atoms with Gasteiger partial charge in [-0.25, -0.2) is 8.93 Å². The van der Waals surface area contributed by atoms with Crippen molar-refractivity contribution in [2.75, 3.05) is 6.61 Å². The van der Waals surface area contributed by atoms with Crippen molar-refractivity contribution in [3.8, 4) is 0 Å². The van der Waals surface area contributed by atoms with Crippen molar-refractivity contribution in [2.24, 2.45) is 22.2 Å². The van der Waals surface area contributed by atoms with Crippen LogP contribution in [0.1, 0.15) is 72.9 Å². The van der Waals surface area contributed by atoms with E-state index in [1.165, 1.54) is 12.0 Å². The van der Waals surface area contributed by atoms with Crippen LogP contribution in [0.4, 0.5) is 0 Å². The summed E-state index contributed by atoms with van der Waals surface area (Å²) in [6.45, 7) is 16.5. The second-order valence-corrected chi connectivity index (χ2v) is 12.0. The van der Waals surface area contributed by atoms with Crippen molar-refractivity contribution in [3.63, 3.8) is 0 Å². The molecule has 2 aliphatic rings. The minimum absolute atomic E-state index is 0.0433. The zero-order valence-corrected chi connectivity index (χ0v) is 18.9. The quantitative estimate of drug-likeness (QED) is 0.718. The molecule has 0 radical (unpaired) electrons. The third kappa shape index (κ3) is 3.77. The van der Waals surface area contributed by atoms with Crippen molar-refractivity contribution >= 4 is 11.0 Å². The second-order valence-electron chi connectivity index (χ2n) is 10.6. The number of nitrogens with one attached hydrogen (secondary N) is 1. The summed E-state index contributed by atoms with van der Waals surface area (Å²) in [5.74, 6) is 0.434. The fourth-order valence-electron chi connectivity index (χ4n) is 5.16. The number of benzene rings is 1. The normalized spacial score (nSPS) is 34.6. The summed E-state index contributed by atoms with van der Waals surface area (Å²) in [5, 5.41) is 0.0484. The maximum atomic E-state index is 13.5. The Balaban J connectivity index is 1.81. The van der Waals surface area contributed by atoms with E-state index in [1.54, 1.807) is 0 Å². The number of ether oxygens (including phenoxy) is 1. The van der Waals surface area contributed by atoms with Crippen LogP contribution in [0, 0.1) is 22.2 Å². The summed E-state index contributed by atoms with van der Waals surface area (Å²) in [6.07, 6.45) is 2.36. The zero-order chi connectivity index (χ0) is 20.0. The minimum atomic E-state index is -1.13. The molecule has 1 aromatic carbocycles. The molecule has 27 heavy (non-hydrogen) atoms. The average molecular weight is 392 g/mol. The summed E-state index contributed by atoms with van der Waals surface area (Å²) in [7, 11) is -1.13. The Labute approximate surface area is 168 Å². The van der Waals surface area contributed by atoms with Gasteiger partial charge in [-0.1, -0.05) is 71.9 Å². The fourth-order valence-corrected chi connectivity index (χ4v) is 7.18. The van der Waals surface area contributed by atoms with E-state index in [-0.39, 0.29) is 33.6 Å². The van der Waals surface area contributed by atoms with E-state index in [0.29, 0.717) is 12.5 Å². The van der Waals surface area contributed by atoms with Gasteiger partial charge in [-0.15, -0.1) is 0 Å². The number of fused-ring (bicyclic) bond motifs is 2. The van der Waals surface area contributed by atoms with Gasteiger partial charge in [-0.05, 0) is 42.1 Å². The van der Waals surface area contributed by atoms with Gasteiger partial charge < -0.3 is 4.74 Å². The predicted octanol–water partition coefficient (Wildman–Crippen LogP) is 5.26. The molecule has 2 fully saturated rings. The maximum absolute atomic E-state index is 13.5. The molecule has 1 aromatic rings. The van der Waals surface area contributed by atoms with Gasteiger partial charge in [-0.2, -0.15) is 0 Å². The SMILES string of the molecule is C[C@H](N[S@](=O)[C@@H]1[C@H]2CC[C@@](C)([C@@H]1OCC(C)(C)C)C2(C)C)c1ccccc1. The van der Waals surface area contributed by atoms with Crippen molar-refractivity contribution in [3.05, 3.63) is 35.9 Å². The maximum Gasteiger partial charge on any atom is 0.0982 e. The molecule has 3 nitrogen and oxygen atoms in total. The number of hydrogen-bond acceptors (Lipinski definition) is 2. The first-order chi connectivity index (χ1) is 12.5. The molecule has 2 saturated carbocycles. The first kappa shape index (κ1) is 21.0. The highest BCUT2D eigenvalue weighted by Crippen LogP contribution is 2.67. The van der Waals surface area contributed by atoms with Gasteiger partial charge in [0.25, 0.3) is 0 Å². The van der Waals surface area contributed by atoms with E-state index >= 15 is 0 Å². The average Bonchev–Trinajstić information content (AvgIpc) is 2.91. The lowest BCUT2D eigenvalue weighted by Gasteiger charge is -2.41. The van der Waals surface area contributed by atoms with Gasteiger partial charge in [0.1, 0.15) is 0 Å². The van der Waals surface area contributed by atoms with Crippen LogP contribution in [0.25, 0.3) is 0 Å². The van der Waals surface area contributed by atoms with Crippen LogP contribution in [-0.2, 0) is 15.7 Å². The molecule has 0 saturated heterocycles. The lowest BCUT2D eigenvalue weighted by molar-refractivity contribution is -0.0675. The summed E-state index contributed by atoms with van der Waals surface area (Å²) in [4.78, 5) is 0. The minimum Gasteiger partial charge on any atom is -0.376 e. The standard InChI is InChI=1S/C23H37NO2S/c1-16(17-11-9-8-10-12-17)24-27(25)19-18-13-14-23(7,22(18,5)6)20(19)26-15-21(2,3)4/h8-12,16,18-20,24H,13-15H2,1-7H3/t16-,18+,19+,20+,23-,27+/m0/s1. The Morgan fingerprint density at radius 2 is 1.85 bits per heavy atom. The monoisotopic (exact) mass is 391 g/mol. The molecule has 0 aromatic heterocycles. The summed E-state index contributed by atoms with van der Waals surface area (Å²) in [5.41, 5.74) is 1.51. The Morgan fingerprint density at radius 1 is 1.22 bits per heavy atom. The van der Waals surface area contributed by atoms with Gasteiger partial charge in [0.15, 0.2) is 0 Å². The highest BCUT2D eigenvalue weighted by atomic mass is 32.2. The molecule has 152 valence electrons. The van der Waals surface area contributed by atoms with Crippen LogP contribution < -0.4 is 4.72 Å².